The van der Waals surface area contributed by atoms with Crippen LogP contribution in [0.5, 0.6) is 0 Å². The second-order valence-corrected chi connectivity index (χ2v) is 7.13. The number of hydrogen-bond donors (Lipinski definition) is 3. The molecule has 1 rings (SSSR count). The summed E-state index contributed by atoms with van der Waals surface area (Å²) in [6.07, 6.45) is 0.626. The van der Waals surface area contributed by atoms with Crippen LogP contribution in [0.4, 0.5) is 5.69 Å². The van der Waals surface area contributed by atoms with Gasteiger partial charge < -0.3 is 15.2 Å². The quantitative estimate of drug-likeness (QED) is 0.632. The normalized spacial score (nSPS) is 14.3. The average Bonchev–Trinajstić information content (AvgIpc) is 2.46. The Bertz CT molecular complexity index is 645. The van der Waals surface area contributed by atoms with Crippen molar-refractivity contribution in [3.63, 3.8) is 0 Å². The van der Waals surface area contributed by atoms with Gasteiger partial charge in [-0.2, -0.15) is 0 Å². The number of carbonyl (C=O) groups is 1. The molecule has 0 aliphatic carbocycles. The van der Waals surface area contributed by atoms with Crippen molar-refractivity contribution in [1.29, 1.82) is 0 Å². The molecule has 0 unspecified atom stereocenters. The van der Waals surface area contributed by atoms with Gasteiger partial charge in [0.05, 0.1) is 17.9 Å². The van der Waals surface area contributed by atoms with Gasteiger partial charge >= 0.3 is 5.97 Å². The molecule has 3 N–H and O–H groups in total. The lowest BCUT2D eigenvalue weighted by atomic mass is 10.2. The summed E-state index contributed by atoms with van der Waals surface area (Å²) in [5.41, 5.74) is 0.259. The Morgan fingerprint density at radius 1 is 1.30 bits per heavy atom. The second-order valence-electron chi connectivity index (χ2n) is 5.45. The molecule has 0 bridgehead atoms. The summed E-state index contributed by atoms with van der Waals surface area (Å²) in [4.78, 5) is 11.1. The molecule has 0 aliphatic rings. The third-order valence-corrected chi connectivity index (χ3v) is 4.93. The zero-order valence-corrected chi connectivity index (χ0v) is 14.6. The van der Waals surface area contributed by atoms with Crippen LogP contribution in [0, 0.1) is 0 Å². The van der Waals surface area contributed by atoms with Crippen LogP contribution in [0.15, 0.2) is 23.1 Å². The van der Waals surface area contributed by atoms with Gasteiger partial charge in [-0.3, -0.25) is 0 Å². The molecule has 1 aromatic rings. The molecular formula is C15H24N2O5S. The Hall–Kier alpha value is -1.64. The molecule has 0 amide bonds. The number of benzene rings is 1. The fraction of sp³-hybridized carbons (Fsp3) is 0.533. The molecule has 0 radical (unpaired) electrons. The number of nitrogens with one attached hydrogen (secondary N) is 2. The van der Waals surface area contributed by atoms with E-state index in [0.717, 1.165) is 6.07 Å². The minimum Gasteiger partial charge on any atom is -0.478 e. The van der Waals surface area contributed by atoms with E-state index < -0.39 is 16.0 Å². The number of carboxylic acids is 1. The molecular weight excluding hydrogens is 320 g/mol. The molecule has 0 aromatic heterocycles. The van der Waals surface area contributed by atoms with Crippen molar-refractivity contribution in [3.8, 4) is 0 Å². The highest BCUT2D eigenvalue weighted by atomic mass is 32.2. The van der Waals surface area contributed by atoms with Crippen molar-refractivity contribution in [1.82, 2.24) is 4.72 Å². The highest BCUT2D eigenvalue weighted by molar-refractivity contribution is 7.89. The molecule has 0 fully saturated rings. The summed E-state index contributed by atoms with van der Waals surface area (Å²) in [7, 11) is -2.29. The van der Waals surface area contributed by atoms with Crippen molar-refractivity contribution in [2.45, 2.75) is 44.2 Å². The predicted molar refractivity (Wildman–Crippen MR) is 88.4 cm³/mol. The van der Waals surface area contributed by atoms with E-state index in [0.29, 0.717) is 18.7 Å². The minimum atomic E-state index is -3.84. The Balaban J connectivity index is 3.28. The summed E-state index contributed by atoms with van der Waals surface area (Å²) < 4.78 is 32.7. The summed E-state index contributed by atoms with van der Waals surface area (Å²) in [6.45, 7) is 5.84. The monoisotopic (exact) mass is 344 g/mol. The Morgan fingerprint density at radius 2 is 1.96 bits per heavy atom. The van der Waals surface area contributed by atoms with Gasteiger partial charge in [-0.15, -0.1) is 0 Å². The standard InChI is InChI=1S/C15H24N2O5S/c1-5-10(2)17-23(20,21)14-8-12(15(18)19)6-7-13(14)16-11(3)9-22-4/h6-8,10-11,16-17H,5,9H2,1-4H3,(H,18,19)/t10-,11+/m0/s1. The van der Waals surface area contributed by atoms with Crippen LogP contribution in [0.25, 0.3) is 0 Å². The minimum absolute atomic E-state index is 0.0827. The maximum Gasteiger partial charge on any atom is 0.335 e. The molecule has 0 aliphatic heterocycles. The van der Waals surface area contributed by atoms with E-state index in [1.807, 2.05) is 13.8 Å². The summed E-state index contributed by atoms with van der Waals surface area (Å²) in [6, 6.07) is 3.60. The van der Waals surface area contributed by atoms with Gasteiger partial charge in [0.1, 0.15) is 4.90 Å². The first kappa shape index (κ1) is 19.4. The number of aromatic carboxylic acids is 1. The average molecular weight is 344 g/mol. The molecule has 1 aromatic carbocycles. The SMILES string of the molecule is CC[C@H](C)NS(=O)(=O)c1cc(C(=O)O)ccc1N[C@H](C)COC. The summed E-state index contributed by atoms with van der Waals surface area (Å²) in [5.74, 6) is -1.18. The molecule has 7 nitrogen and oxygen atoms in total. The van der Waals surface area contributed by atoms with Crippen molar-refractivity contribution in [3.05, 3.63) is 23.8 Å². The molecule has 0 saturated heterocycles. The maximum atomic E-state index is 12.6. The van der Waals surface area contributed by atoms with E-state index in [1.54, 1.807) is 14.0 Å². The van der Waals surface area contributed by atoms with Crippen LogP contribution in [0.3, 0.4) is 0 Å². The van der Waals surface area contributed by atoms with Gasteiger partial charge in [0, 0.05) is 19.2 Å². The first-order chi connectivity index (χ1) is 10.7. The van der Waals surface area contributed by atoms with Crippen LogP contribution in [-0.4, -0.2) is 45.3 Å². The highest BCUT2D eigenvalue weighted by Gasteiger charge is 2.23. The van der Waals surface area contributed by atoms with Crippen LogP contribution in [0.2, 0.25) is 0 Å². The van der Waals surface area contributed by atoms with Crippen LogP contribution < -0.4 is 10.0 Å². The number of carboxylic acid groups (broad SMARTS) is 1. The van der Waals surface area contributed by atoms with E-state index in [1.165, 1.54) is 12.1 Å². The molecule has 0 saturated carbocycles. The van der Waals surface area contributed by atoms with Gasteiger partial charge in [-0.25, -0.2) is 17.9 Å². The van der Waals surface area contributed by atoms with Gasteiger partial charge in [-0.05, 0) is 38.5 Å². The first-order valence-corrected chi connectivity index (χ1v) is 8.84. The molecule has 0 heterocycles. The third-order valence-electron chi connectivity index (χ3n) is 3.31. The van der Waals surface area contributed by atoms with E-state index in [4.69, 9.17) is 9.84 Å². The molecule has 130 valence electrons. The fourth-order valence-electron chi connectivity index (χ4n) is 1.97. The zero-order valence-electron chi connectivity index (χ0n) is 13.8. The lowest BCUT2D eigenvalue weighted by Gasteiger charge is -2.19. The van der Waals surface area contributed by atoms with E-state index in [9.17, 15) is 13.2 Å². The number of hydrogen-bond acceptors (Lipinski definition) is 5. The molecule has 2 atom stereocenters. The van der Waals surface area contributed by atoms with E-state index in [-0.39, 0.29) is 22.5 Å². The number of methoxy groups -OCH3 is 1. The second kappa shape index (κ2) is 8.28. The van der Waals surface area contributed by atoms with E-state index >= 15 is 0 Å². The lowest BCUT2D eigenvalue weighted by Crippen LogP contribution is -2.33. The summed E-state index contributed by atoms with van der Waals surface area (Å²) in [5, 5.41) is 12.1. The molecule has 0 spiro atoms. The Morgan fingerprint density at radius 3 is 2.48 bits per heavy atom. The van der Waals surface area contributed by atoms with Gasteiger partial charge in [-0.1, -0.05) is 6.92 Å². The van der Waals surface area contributed by atoms with Crippen molar-refractivity contribution < 1.29 is 23.1 Å². The summed E-state index contributed by atoms with van der Waals surface area (Å²) >= 11 is 0. The van der Waals surface area contributed by atoms with Crippen molar-refractivity contribution in [2.24, 2.45) is 0 Å². The number of sulfonamides is 1. The van der Waals surface area contributed by atoms with Gasteiger partial charge in [0.25, 0.3) is 0 Å². The van der Waals surface area contributed by atoms with Gasteiger partial charge in [0.15, 0.2) is 0 Å². The van der Waals surface area contributed by atoms with Crippen molar-refractivity contribution in [2.75, 3.05) is 19.0 Å². The van der Waals surface area contributed by atoms with Crippen LogP contribution in [0.1, 0.15) is 37.6 Å². The van der Waals surface area contributed by atoms with Crippen LogP contribution >= 0.6 is 0 Å². The molecule has 23 heavy (non-hydrogen) atoms. The van der Waals surface area contributed by atoms with Gasteiger partial charge in [0.2, 0.25) is 10.0 Å². The number of anilines is 1. The molecule has 8 heteroatoms. The van der Waals surface area contributed by atoms with Crippen molar-refractivity contribution >= 4 is 21.7 Å². The Kier molecular flexibility index (Phi) is 6.99. The Labute approximate surface area is 137 Å². The maximum absolute atomic E-state index is 12.6. The smallest absolute Gasteiger partial charge is 0.335 e. The number of ether oxygens (including phenoxy) is 1. The van der Waals surface area contributed by atoms with Crippen LogP contribution in [-0.2, 0) is 14.8 Å². The fourth-order valence-corrected chi connectivity index (χ4v) is 3.49. The number of rotatable bonds is 9. The topological polar surface area (TPSA) is 105 Å². The van der Waals surface area contributed by atoms with E-state index in [2.05, 4.69) is 10.0 Å². The first-order valence-electron chi connectivity index (χ1n) is 7.36. The largest absolute Gasteiger partial charge is 0.478 e. The zero-order chi connectivity index (χ0) is 17.6. The predicted octanol–water partition coefficient (Wildman–Crippen LogP) is 1.91. The highest BCUT2D eigenvalue weighted by Crippen LogP contribution is 2.24. The third kappa shape index (κ3) is 5.49. The lowest BCUT2D eigenvalue weighted by molar-refractivity contribution is 0.0696.